The summed E-state index contributed by atoms with van der Waals surface area (Å²) in [5.41, 5.74) is 8.65. The molecule has 29 heavy (non-hydrogen) atoms. The second kappa shape index (κ2) is 8.37. The summed E-state index contributed by atoms with van der Waals surface area (Å²) in [7, 11) is 0. The zero-order valence-corrected chi connectivity index (χ0v) is 17.0. The molecule has 2 saturated heterocycles. The van der Waals surface area contributed by atoms with E-state index in [0.717, 1.165) is 62.1 Å². The highest BCUT2D eigenvalue weighted by molar-refractivity contribution is 5.80. The minimum atomic E-state index is -0.218. The van der Waals surface area contributed by atoms with Crippen LogP contribution in [0, 0.1) is 6.92 Å². The third kappa shape index (κ3) is 4.19. The molecule has 2 aromatic rings. The Morgan fingerprint density at radius 2 is 1.83 bits per heavy atom. The van der Waals surface area contributed by atoms with Crippen molar-refractivity contribution >= 4 is 11.8 Å². The molecule has 1 aromatic heterocycles. The normalized spacial score (nSPS) is 20.9. The molecule has 0 saturated carbocycles. The van der Waals surface area contributed by atoms with E-state index < -0.39 is 0 Å². The van der Waals surface area contributed by atoms with E-state index in [1.165, 1.54) is 0 Å². The first-order valence-electron chi connectivity index (χ1n) is 10.4. The van der Waals surface area contributed by atoms with Gasteiger partial charge in [0, 0.05) is 30.9 Å². The number of piperidine rings is 1. The van der Waals surface area contributed by atoms with Crippen LogP contribution in [0.5, 0.6) is 0 Å². The highest BCUT2D eigenvalue weighted by Gasteiger charge is 2.36. The minimum absolute atomic E-state index is 0.0958. The van der Waals surface area contributed by atoms with Crippen molar-refractivity contribution in [3.63, 3.8) is 0 Å². The predicted octanol–water partition coefficient (Wildman–Crippen LogP) is 1.80. The van der Waals surface area contributed by atoms with Gasteiger partial charge >= 0.3 is 0 Å². The van der Waals surface area contributed by atoms with Crippen molar-refractivity contribution in [3.05, 3.63) is 42.2 Å². The Labute approximate surface area is 171 Å². The third-order valence-electron chi connectivity index (χ3n) is 6.24. The average molecular weight is 396 g/mol. The number of nitrogens with zero attached hydrogens (tertiary/aromatic N) is 4. The molecule has 7 heteroatoms. The maximum atomic E-state index is 12.8. The van der Waals surface area contributed by atoms with E-state index in [9.17, 15) is 9.59 Å². The lowest BCUT2D eigenvalue weighted by molar-refractivity contribution is -0.134. The number of carbonyl (C=O) groups is 2. The molecule has 4 rings (SSSR count). The van der Waals surface area contributed by atoms with Gasteiger partial charge in [-0.25, -0.2) is 0 Å². The largest absolute Gasteiger partial charge is 0.368 e. The molecular formula is C22H29N5O2. The maximum Gasteiger partial charge on any atom is 0.244 e. The molecule has 0 unspecified atom stereocenters. The van der Waals surface area contributed by atoms with Crippen LogP contribution in [0.2, 0.25) is 0 Å². The van der Waals surface area contributed by atoms with Crippen LogP contribution in [-0.2, 0) is 16.1 Å². The molecule has 0 spiro atoms. The molecule has 2 aliphatic rings. The summed E-state index contributed by atoms with van der Waals surface area (Å²) >= 11 is 0. The van der Waals surface area contributed by atoms with Crippen molar-refractivity contribution in [2.24, 2.45) is 5.73 Å². The fourth-order valence-electron chi connectivity index (χ4n) is 4.72. The molecule has 7 nitrogen and oxygen atoms in total. The van der Waals surface area contributed by atoms with Crippen molar-refractivity contribution in [1.29, 1.82) is 0 Å². The summed E-state index contributed by atoms with van der Waals surface area (Å²) in [5, 5.41) is 4.54. The number of likely N-dealkylation sites (tertiary alicyclic amines) is 2. The number of aromatic nitrogens is 2. The Bertz CT molecular complexity index is 871. The Kier molecular flexibility index (Phi) is 5.67. The number of carbonyl (C=O) groups excluding carboxylic acids is 2. The topological polar surface area (TPSA) is 84.5 Å². The van der Waals surface area contributed by atoms with Crippen LogP contribution >= 0.6 is 0 Å². The SMILES string of the molecule is Cc1nn(CC(=O)N2CCC(N3CCC[C@H]3C(N)=O)CC2)cc1-c1ccccc1. The summed E-state index contributed by atoms with van der Waals surface area (Å²) in [5.74, 6) is -0.122. The van der Waals surface area contributed by atoms with Crippen LogP contribution in [0.25, 0.3) is 11.1 Å². The minimum Gasteiger partial charge on any atom is -0.368 e. The predicted molar refractivity (Wildman–Crippen MR) is 111 cm³/mol. The van der Waals surface area contributed by atoms with Crippen LogP contribution in [0.1, 0.15) is 31.4 Å². The number of benzene rings is 1. The van der Waals surface area contributed by atoms with Gasteiger partial charge in [-0.1, -0.05) is 30.3 Å². The number of nitrogens with two attached hydrogens (primary N) is 1. The van der Waals surface area contributed by atoms with Crippen molar-refractivity contribution < 1.29 is 9.59 Å². The van der Waals surface area contributed by atoms with Gasteiger partial charge in [-0.05, 0) is 44.7 Å². The van der Waals surface area contributed by atoms with Gasteiger partial charge in [-0.15, -0.1) is 0 Å². The highest BCUT2D eigenvalue weighted by Crippen LogP contribution is 2.26. The highest BCUT2D eigenvalue weighted by atomic mass is 16.2. The molecule has 0 radical (unpaired) electrons. The molecule has 0 aliphatic carbocycles. The number of aryl methyl sites for hydroxylation is 1. The molecule has 2 aliphatic heterocycles. The lowest BCUT2D eigenvalue weighted by Gasteiger charge is -2.38. The number of hydrogen-bond donors (Lipinski definition) is 1. The summed E-state index contributed by atoms with van der Waals surface area (Å²) in [6, 6.07) is 10.3. The quantitative estimate of drug-likeness (QED) is 0.837. The number of primary amides is 1. The van der Waals surface area contributed by atoms with Crippen LogP contribution in [-0.4, -0.2) is 63.1 Å². The third-order valence-corrected chi connectivity index (χ3v) is 6.24. The molecule has 154 valence electrons. The Balaban J connectivity index is 1.34. The van der Waals surface area contributed by atoms with Crippen LogP contribution in [0.15, 0.2) is 36.5 Å². The molecule has 2 N–H and O–H groups in total. The van der Waals surface area contributed by atoms with Crippen LogP contribution in [0.3, 0.4) is 0 Å². The fraction of sp³-hybridized carbons (Fsp3) is 0.500. The number of hydrogen-bond acceptors (Lipinski definition) is 4. The fourth-order valence-corrected chi connectivity index (χ4v) is 4.72. The summed E-state index contributed by atoms with van der Waals surface area (Å²) < 4.78 is 1.75. The van der Waals surface area contributed by atoms with E-state index in [1.807, 2.05) is 36.2 Å². The second-order valence-corrected chi connectivity index (χ2v) is 8.10. The monoisotopic (exact) mass is 395 g/mol. The number of amides is 2. The first-order chi connectivity index (χ1) is 14.0. The van der Waals surface area contributed by atoms with Crippen molar-refractivity contribution in [2.75, 3.05) is 19.6 Å². The van der Waals surface area contributed by atoms with E-state index in [0.29, 0.717) is 6.04 Å². The van der Waals surface area contributed by atoms with Crippen LogP contribution < -0.4 is 5.73 Å². The van der Waals surface area contributed by atoms with Gasteiger partial charge in [-0.2, -0.15) is 5.10 Å². The molecule has 2 fully saturated rings. The van der Waals surface area contributed by atoms with E-state index in [4.69, 9.17) is 5.73 Å². The first-order valence-corrected chi connectivity index (χ1v) is 10.4. The standard InChI is InChI=1S/C22H29N5O2/c1-16-19(17-6-3-2-4-7-17)14-26(24-16)15-21(28)25-12-9-18(10-13-25)27-11-5-8-20(27)22(23)29/h2-4,6-7,14,18,20H,5,8-13,15H2,1H3,(H2,23,29)/t20-/m0/s1. The summed E-state index contributed by atoms with van der Waals surface area (Å²) in [4.78, 5) is 28.6. The number of rotatable bonds is 5. The zero-order chi connectivity index (χ0) is 20.4. The first kappa shape index (κ1) is 19.6. The molecular weight excluding hydrogens is 366 g/mol. The lowest BCUT2D eigenvalue weighted by atomic mass is 10.0. The van der Waals surface area contributed by atoms with E-state index in [-0.39, 0.29) is 24.4 Å². The maximum absolute atomic E-state index is 12.8. The van der Waals surface area contributed by atoms with E-state index in [2.05, 4.69) is 22.1 Å². The smallest absolute Gasteiger partial charge is 0.244 e. The average Bonchev–Trinajstić information content (AvgIpc) is 3.36. The van der Waals surface area contributed by atoms with Gasteiger partial charge in [0.2, 0.25) is 11.8 Å². The van der Waals surface area contributed by atoms with Gasteiger partial charge < -0.3 is 10.6 Å². The van der Waals surface area contributed by atoms with Crippen molar-refractivity contribution in [3.8, 4) is 11.1 Å². The Morgan fingerprint density at radius 1 is 1.10 bits per heavy atom. The molecule has 1 aromatic carbocycles. The van der Waals surface area contributed by atoms with E-state index in [1.54, 1.807) is 4.68 Å². The Morgan fingerprint density at radius 3 is 2.52 bits per heavy atom. The van der Waals surface area contributed by atoms with Gasteiger partial charge in [-0.3, -0.25) is 19.2 Å². The van der Waals surface area contributed by atoms with Gasteiger partial charge in [0.05, 0.1) is 11.7 Å². The molecule has 3 heterocycles. The second-order valence-electron chi connectivity index (χ2n) is 8.10. The summed E-state index contributed by atoms with van der Waals surface area (Å²) in [6.07, 6.45) is 5.62. The lowest BCUT2D eigenvalue weighted by Crippen LogP contribution is -2.51. The summed E-state index contributed by atoms with van der Waals surface area (Å²) in [6.45, 7) is 4.60. The Hall–Kier alpha value is -2.67. The van der Waals surface area contributed by atoms with Crippen molar-refractivity contribution in [1.82, 2.24) is 19.6 Å². The molecule has 1 atom stereocenters. The van der Waals surface area contributed by atoms with E-state index >= 15 is 0 Å². The van der Waals surface area contributed by atoms with Gasteiger partial charge in [0.15, 0.2) is 0 Å². The molecule has 0 bridgehead atoms. The van der Waals surface area contributed by atoms with Gasteiger partial charge in [0.25, 0.3) is 0 Å². The molecule has 2 amide bonds. The zero-order valence-electron chi connectivity index (χ0n) is 17.0. The van der Waals surface area contributed by atoms with Crippen LogP contribution in [0.4, 0.5) is 0 Å². The van der Waals surface area contributed by atoms with Gasteiger partial charge in [0.1, 0.15) is 6.54 Å². The van der Waals surface area contributed by atoms with Crippen molar-refractivity contribution in [2.45, 2.75) is 51.2 Å².